The van der Waals surface area contributed by atoms with Gasteiger partial charge in [-0.25, -0.2) is 0 Å². The van der Waals surface area contributed by atoms with E-state index in [0.29, 0.717) is 22.4 Å². The monoisotopic (exact) mass is 248 g/mol. The van der Waals surface area contributed by atoms with Gasteiger partial charge < -0.3 is 9.84 Å². The van der Waals surface area contributed by atoms with Crippen LogP contribution in [0.2, 0.25) is 0 Å². The summed E-state index contributed by atoms with van der Waals surface area (Å²) in [6.07, 6.45) is -7.14. The summed E-state index contributed by atoms with van der Waals surface area (Å²) in [5, 5.41) is 9.56. The normalized spacial score (nSPS) is 13.6. The van der Waals surface area contributed by atoms with Crippen molar-refractivity contribution in [2.75, 3.05) is 7.11 Å². The third kappa shape index (κ3) is 3.63. The van der Waals surface area contributed by atoms with Crippen LogP contribution in [0.4, 0.5) is 13.2 Å². The summed E-state index contributed by atoms with van der Waals surface area (Å²) in [5.41, 5.74) is 1.58. The molecule has 0 heterocycles. The molecule has 17 heavy (non-hydrogen) atoms. The Bertz CT molecular complexity index is 399. The van der Waals surface area contributed by atoms with Gasteiger partial charge in [0.1, 0.15) is 5.75 Å². The molecule has 0 aliphatic rings. The van der Waals surface area contributed by atoms with Gasteiger partial charge in [0.25, 0.3) is 0 Å². The van der Waals surface area contributed by atoms with Crippen LogP contribution in [0.3, 0.4) is 0 Å². The molecule has 0 radical (unpaired) electrons. The van der Waals surface area contributed by atoms with Crippen LogP contribution in [-0.4, -0.2) is 18.4 Å². The minimum Gasteiger partial charge on any atom is -0.496 e. The first-order chi connectivity index (χ1) is 7.74. The summed E-state index contributed by atoms with van der Waals surface area (Å²) in [6, 6.07) is 3.16. The lowest BCUT2D eigenvalue weighted by Crippen LogP contribution is -2.14. The van der Waals surface area contributed by atoms with E-state index in [9.17, 15) is 18.3 Å². The summed E-state index contributed by atoms with van der Waals surface area (Å²) in [7, 11) is 1.49. The van der Waals surface area contributed by atoms with Gasteiger partial charge in [-0.1, -0.05) is 0 Å². The van der Waals surface area contributed by atoms with E-state index >= 15 is 0 Å². The lowest BCUT2D eigenvalue weighted by molar-refractivity contribution is -0.154. The van der Waals surface area contributed by atoms with Crippen molar-refractivity contribution in [3.05, 3.63) is 28.8 Å². The zero-order valence-electron chi connectivity index (χ0n) is 9.93. The number of hydrogen-bond acceptors (Lipinski definition) is 2. The van der Waals surface area contributed by atoms with E-state index in [1.165, 1.54) is 13.2 Å². The molecule has 1 N–H and O–H groups in total. The van der Waals surface area contributed by atoms with E-state index in [1.807, 2.05) is 0 Å². The zero-order valence-corrected chi connectivity index (χ0v) is 9.93. The number of alkyl halides is 3. The molecule has 0 amide bonds. The molecule has 0 saturated carbocycles. The Kier molecular flexibility index (Phi) is 4.03. The highest BCUT2D eigenvalue weighted by Gasteiger charge is 2.32. The first kappa shape index (κ1) is 13.8. The fourth-order valence-corrected chi connectivity index (χ4v) is 1.72. The number of rotatable bonds is 3. The summed E-state index contributed by atoms with van der Waals surface area (Å²) >= 11 is 0. The van der Waals surface area contributed by atoms with Gasteiger partial charge in [-0.2, -0.15) is 13.2 Å². The molecule has 0 saturated heterocycles. The van der Waals surface area contributed by atoms with E-state index < -0.39 is 18.7 Å². The Morgan fingerprint density at radius 2 is 1.82 bits per heavy atom. The average Bonchev–Trinajstić information content (AvgIpc) is 2.18. The number of ether oxygens (including phenoxy) is 1. The molecule has 0 fully saturated rings. The molecule has 1 atom stereocenters. The molecule has 0 aromatic heterocycles. The van der Waals surface area contributed by atoms with Gasteiger partial charge in [-0.15, -0.1) is 0 Å². The van der Waals surface area contributed by atoms with Crippen LogP contribution in [-0.2, 0) is 0 Å². The van der Waals surface area contributed by atoms with Crippen LogP contribution in [0.5, 0.6) is 5.75 Å². The van der Waals surface area contributed by atoms with Crippen molar-refractivity contribution in [1.29, 1.82) is 0 Å². The van der Waals surface area contributed by atoms with Gasteiger partial charge in [0.05, 0.1) is 19.6 Å². The molecule has 0 aliphatic heterocycles. The Morgan fingerprint density at radius 3 is 2.29 bits per heavy atom. The van der Waals surface area contributed by atoms with Crippen molar-refractivity contribution in [2.45, 2.75) is 32.5 Å². The number of halogens is 3. The van der Waals surface area contributed by atoms with Gasteiger partial charge in [0.2, 0.25) is 0 Å². The van der Waals surface area contributed by atoms with Crippen LogP contribution < -0.4 is 4.74 Å². The highest BCUT2D eigenvalue weighted by Crippen LogP contribution is 2.33. The maximum atomic E-state index is 12.2. The second-order valence-electron chi connectivity index (χ2n) is 4.01. The predicted molar refractivity (Wildman–Crippen MR) is 58.1 cm³/mol. The van der Waals surface area contributed by atoms with Crippen LogP contribution in [0.25, 0.3) is 0 Å². The van der Waals surface area contributed by atoms with Crippen LogP contribution in [0, 0.1) is 13.8 Å². The standard InChI is InChI=1S/C12H15F3O2/c1-7-5-11(17-3)8(2)4-9(7)10(16)6-12(13,14)15/h4-5,10,16H,6H2,1-3H3. The van der Waals surface area contributed by atoms with Gasteiger partial charge in [0, 0.05) is 0 Å². The smallest absolute Gasteiger partial charge is 0.391 e. The molecule has 1 unspecified atom stereocenters. The minimum absolute atomic E-state index is 0.292. The Hall–Kier alpha value is -1.23. The molecular weight excluding hydrogens is 233 g/mol. The van der Waals surface area contributed by atoms with Crippen LogP contribution in [0.1, 0.15) is 29.2 Å². The first-order valence-corrected chi connectivity index (χ1v) is 5.14. The third-order valence-electron chi connectivity index (χ3n) is 2.57. The molecule has 0 bridgehead atoms. The Labute approximate surface area is 98.0 Å². The van der Waals surface area contributed by atoms with Crippen LogP contribution in [0.15, 0.2) is 12.1 Å². The van der Waals surface area contributed by atoms with Crippen molar-refractivity contribution in [3.8, 4) is 5.75 Å². The number of aliphatic hydroxyl groups is 1. The van der Waals surface area contributed by atoms with Gasteiger partial charge in [-0.3, -0.25) is 0 Å². The van der Waals surface area contributed by atoms with Crippen molar-refractivity contribution in [2.24, 2.45) is 0 Å². The number of aryl methyl sites for hydroxylation is 2. The van der Waals surface area contributed by atoms with Crippen molar-refractivity contribution < 1.29 is 23.0 Å². The molecule has 5 heteroatoms. The molecule has 1 aromatic rings. The minimum atomic E-state index is -4.38. The summed E-state index contributed by atoms with van der Waals surface area (Å²) < 4.78 is 41.6. The molecule has 2 nitrogen and oxygen atoms in total. The highest BCUT2D eigenvalue weighted by atomic mass is 19.4. The molecule has 0 aliphatic carbocycles. The van der Waals surface area contributed by atoms with Gasteiger partial charge in [-0.05, 0) is 42.7 Å². The third-order valence-corrected chi connectivity index (χ3v) is 2.57. The second kappa shape index (κ2) is 4.96. The maximum absolute atomic E-state index is 12.2. The summed E-state index contributed by atoms with van der Waals surface area (Å²) in [5.74, 6) is 0.602. The fraction of sp³-hybridized carbons (Fsp3) is 0.500. The van der Waals surface area contributed by atoms with Crippen molar-refractivity contribution >= 4 is 0 Å². The molecule has 96 valence electrons. The number of benzene rings is 1. The molecule has 1 aromatic carbocycles. The first-order valence-electron chi connectivity index (χ1n) is 5.14. The van der Waals surface area contributed by atoms with E-state index in [-0.39, 0.29) is 0 Å². The zero-order chi connectivity index (χ0) is 13.2. The highest BCUT2D eigenvalue weighted by molar-refractivity contribution is 5.42. The Morgan fingerprint density at radius 1 is 1.24 bits per heavy atom. The molecule has 0 spiro atoms. The van der Waals surface area contributed by atoms with Crippen molar-refractivity contribution in [1.82, 2.24) is 0 Å². The summed E-state index contributed by atoms with van der Waals surface area (Å²) in [6.45, 7) is 3.37. The summed E-state index contributed by atoms with van der Waals surface area (Å²) in [4.78, 5) is 0. The lowest BCUT2D eigenvalue weighted by Gasteiger charge is -2.17. The van der Waals surface area contributed by atoms with Crippen molar-refractivity contribution in [3.63, 3.8) is 0 Å². The number of hydrogen-bond donors (Lipinski definition) is 1. The largest absolute Gasteiger partial charge is 0.496 e. The van der Waals surface area contributed by atoms with E-state index in [4.69, 9.17) is 4.74 Å². The fourth-order valence-electron chi connectivity index (χ4n) is 1.72. The lowest BCUT2D eigenvalue weighted by atomic mass is 9.98. The van der Waals surface area contributed by atoms with Gasteiger partial charge >= 0.3 is 6.18 Å². The number of methoxy groups -OCH3 is 1. The van der Waals surface area contributed by atoms with Gasteiger partial charge in [0.15, 0.2) is 0 Å². The maximum Gasteiger partial charge on any atom is 0.391 e. The number of aliphatic hydroxyl groups excluding tert-OH is 1. The quantitative estimate of drug-likeness (QED) is 0.889. The van der Waals surface area contributed by atoms with E-state index in [0.717, 1.165) is 0 Å². The SMILES string of the molecule is COc1cc(C)c(C(O)CC(F)(F)F)cc1C. The van der Waals surface area contributed by atoms with E-state index in [1.54, 1.807) is 19.9 Å². The second-order valence-corrected chi connectivity index (χ2v) is 4.01. The van der Waals surface area contributed by atoms with E-state index in [2.05, 4.69) is 0 Å². The predicted octanol–water partition coefficient (Wildman–Crippen LogP) is 3.30. The average molecular weight is 248 g/mol. The van der Waals surface area contributed by atoms with Crippen LogP contribution >= 0.6 is 0 Å². The topological polar surface area (TPSA) is 29.5 Å². The molecule has 1 rings (SSSR count). The Balaban J connectivity index is 3.02. The molecular formula is C12H15F3O2.